The average molecular weight is 1090 g/mol. The maximum Gasteiger partial charge on any atom is 0.172 e. The summed E-state index contributed by atoms with van der Waals surface area (Å²) in [5.74, 6) is -0.288. The largest absolute Gasteiger partial charge is 0.454 e. The Morgan fingerprint density at radius 2 is 0.889 bits per heavy atom. The van der Waals surface area contributed by atoms with E-state index in [1.165, 1.54) is 54.0 Å². The first kappa shape index (κ1) is 53.4. The molecule has 0 aliphatic carbocycles. The summed E-state index contributed by atoms with van der Waals surface area (Å²) in [5, 5.41) is 11.9. The molecule has 0 saturated heterocycles. The van der Waals surface area contributed by atoms with Gasteiger partial charge in [0.1, 0.15) is 70.3 Å². The van der Waals surface area contributed by atoms with Crippen LogP contribution >= 0.6 is 0 Å². The minimum Gasteiger partial charge on any atom is -0.454 e. The average Bonchev–Trinajstić information content (AvgIpc) is 4.28. The van der Waals surface area contributed by atoms with Crippen LogP contribution in [-0.4, -0.2) is 85.8 Å². The second-order valence-electron chi connectivity index (χ2n) is 18.1. The Morgan fingerprint density at radius 1 is 0.457 bits per heavy atom. The smallest absolute Gasteiger partial charge is 0.172 e. The van der Waals surface area contributed by atoms with E-state index in [1.54, 1.807) is 76.6 Å². The van der Waals surface area contributed by atoms with Crippen LogP contribution in [0.25, 0.3) is 16.9 Å². The molecule has 12 aromatic rings. The fourth-order valence-electron chi connectivity index (χ4n) is 7.94. The molecule has 0 spiro atoms. The number of aryl methyl sites for hydroxylation is 3. The van der Waals surface area contributed by atoms with Crippen LogP contribution in [0.5, 0.6) is 34.5 Å². The molecule has 81 heavy (non-hydrogen) atoms. The normalized spacial score (nSPS) is 10.9. The van der Waals surface area contributed by atoms with Crippen molar-refractivity contribution in [2.45, 2.75) is 40.0 Å². The Labute approximate surface area is 457 Å². The Balaban J connectivity index is 0.000000136. The number of nitrogens with zero attached hydrogens (tertiary/aromatic N) is 14. The van der Waals surface area contributed by atoms with E-state index in [9.17, 15) is 27.6 Å². The maximum atomic E-state index is 13.3. The van der Waals surface area contributed by atoms with Crippen LogP contribution < -0.4 is 14.2 Å². The summed E-state index contributed by atoms with van der Waals surface area (Å²) in [4.78, 5) is 70.9. The minimum absolute atomic E-state index is 0.119. The predicted molar refractivity (Wildman–Crippen MR) is 285 cm³/mol. The van der Waals surface area contributed by atoms with E-state index >= 15 is 0 Å². The van der Waals surface area contributed by atoms with Crippen molar-refractivity contribution in [3.8, 4) is 34.5 Å². The van der Waals surface area contributed by atoms with E-state index in [2.05, 4.69) is 55.2 Å². The van der Waals surface area contributed by atoms with Crippen molar-refractivity contribution in [3.05, 3.63) is 240 Å². The van der Waals surface area contributed by atoms with Gasteiger partial charge in [-0.2, -0.15) is 5.10 Å². The molecule has 0 amide bonds. The highest BCUT2D eigenvalue weighted by molar-refractivity contribution is 6.04. The van der Waals surface area contributed by atoms with E-state index < -0.39 is 17.5 Å². The lowest BCUT2D eigenvalue weighted by atomic mass is 10.1. The SMILES string of the molecule is Cc1ccc(CC(=O)c2cc(Oc3cncc(F)c3)cn3ccnc23)nc1.Cc1ccc(CC(=O)c2cc(Oc3cncc(F)c3)cn3cnnc23)nc1.Cc1ccc(CC(=O)c2cc(Oc3cncc(F)c3)cn3ncnc23)nc1. The number of carbonyl (C=O) groups excluding carboxylic acids is 3. The predicted octanol–water partition coefficient (Wildman–Crippen LogP) is 10.2. The molecule has 0 N–H and O–H groups in total. The van der Waals surface area contributed by atoms with Gasteiger partial charge in [-0.1, -0.05) is 18.2 Å². The molecule has 0 atom stereocenters. The second kappa shape index (κ2) is 24.1. The third-order valence-corrected chi connectivity index (χ3v) is 11.8. The highest BCUT2D eigenvalue weighted by Gasteiger charge is 2.20. The summed E-state index contributed by atoms with van der Waals surface area (Å²) >= 11 is 0. The Bertz CT molecular complexity index is 3800. The summed E-state index contributed by atoms with van der Waals surface area (Å²) in [6.45, 7) is 5.80. The van der Waals surface area contributed by atoms with Crippen molar-refractivity contribution < 1.29 is 41.8 Å². The van der Waals surface area contributed by atoms with Crippen molar-refractivity contribution in [3.63, 3.8) is 0 Å². The Morgan fingerprint density at radius 3 is 1.33 bits per heavy atom. The number of Topliss-reactive ketones (excluding diaryl/α,β-unsaturated/α-hetero) is 3. The molecule has 0 radical (unpaired) electrons. The van der Waals surface area contributed by atoms with Crippen molar-refractivity contribution in [2.24, 2.45) is 0 Å². The third-order valence-electron chi connectivity index (χ3n) is 11.8. The van der Waals surface area contributed by atoms with Gasteiger partial charge in [-0.3, -0.25) is 48.7 Å². The Kier molecular flexibility index (Phi) is 15.9. The van der Waals surface area contributed by atoms with Gasteiger partial charge in [-0.15, -0.1) is 10.2 Å². The number of hydrogen-bond donors (Lipinski definition) is 0. The van der Waals surface area contributed by atoms with Crippen molar-refractivity contribution in [1.29, 1.82) is 0 Å². The van der Waals surface area contributed by atoms with Gasteiger partial charge in [0.25, 0.3) is 0 Å². The number of ether oxygens (including phenoxy) is 3. The standard InChI is InChI=1S/C20H15FN4O2.2C19H14FN5O2/c1-13-2-3-15(24-9-13)7-19(26)18-8-17(12-25-5-4-23-20(18)25)27-16-6-14(21)10-22-11-16;1-12-2-3-14(22-7-12)5-18(26)17-6-16(10-25-11-23-24-19(17)25)27-15-4-13(20)8-21-9-15;1-12-2-3-14(22-7-12)5-18(26)17-6-16(10-25-19(17)23-11-24-25)27-15-4-13(20)8-21-9-15/h2-6,8-12H,7H2,1H3;2*2-4,6-11H,5H2,1H3. The van der Waals surface area contributed by atoms with Crippen LogP contribution in [0, 0.1) is 38.2 Å². The number of hydrogen-bond acceptors (Lipinski definition) is 17. The highest BCUT2D eigenvalue weighted by atomic mass is 19.1. The van der Waals surface area contributed by atoms with Gasteiger partial charge in [0.15, 0.2) is 28.6 Å². The van der Waals surface area contributed by atoms with E-state index in [4.69, 9.17) is 14.2 Å². The molecule has 402 valence electrons. The first-order chi connectivity index (χ1) is 39.2. The molecule has 0 aromatic carbocycles. The van der Waals surface area contributed by atoms with E-state index in [0.717, 1.165) is 35.3 Å². The molecule has 0 unspecified atom stereocenters. The topological polar surface area (TPSA) is 234 Å². The van der Waals surface area contributed by atoms with Gasteiger partial charge in [0.05, 0.1) is 91.7 Å². The molecule has 12 rings (SSSR count). The summed E-state index contributed by atoms with van der Waals surface area (Å²) in [6.07, 6.45) is 23.9. The number of ketones is 3. The quantitative estimate of drug-likeness (QED) is 0.0868. The van der Waals surface area contributed by atoms with Crippen molar-refractivity contribution in [2.75, 3.05) is 0 Å². The van der Waals surface area contributed by atoms with Crippen LogP contribution in [0.15, 0.2) is 172 Å². The van der Waals surface area contributed by atoms with Crippen LogP contribution in [0.1, 0.15) is 64.8 Å². The summed E-state index contributed by atoms with van der Waals surface area (Å²) in [6, 6.07) is 19.5. The van der Waals surface area contributed by atoms with E-state index in [0.29, 0.717) is 68.0 Å². The molecule has 12 aromatic heterocycles. The number of carbonyl (C=O) groups is 3. The van der Waals surface area contributed by atoms with Gasteiger partial charge in [0, 0.05) is 66.3 Å². The fraction of sp³-hybridized carbons (Fsp3) is 0.103. The number of rotatable bonds is 15. The first-order valence-corrected chi connectivity index (χ1v) is 24.6. The lowest BCUT2D eigenvalue weighted by molar-refractivity contribution is 0.0984. The zero-order valence-electron chi connectivity index (χ0n) is 43.1. The van der Waals surface area contributed by atoms with Crippen molar-refractivity contribution in [1.82, 2.24) is 68.5 Å². The molecular weight excluding hydrogens is 1050 g/mol. The molecule has 12 heterocycles. The number of imidazole rings is 1. The lowest BCUT2D eigenvalue weighted by Crippen LogP contribution is -2.08. The molecule has 20 nitrogen and oxygen atoms in total. The third kappa shape index (κ3) is 13.6. The Hall–Kier alpha value is -11.0. The van der Waals surface area contributed by atoms with E-state index in [1.807, 2.05) is 57.2 Å². The molecule has 23 heteroatoms. The number of halogens is 3. The zero-order chi connectivity index (χ0) is 56.4. The molecule has 0 fully saturated rings. The monoisotopic (exact) mass is 1090 g/mol. The van der Waals surface area contributed by atoms with Crippen LogP contribution in [0.3, 0.4) is 0 Å². The zero-order valence-corrected chi connectivity index (χ0v) is 43.1. The summed E-state index contributed by atoms with van der Waals surface area (Å²) in [5.41, 5.74) is 7.50. The van der Waals surface area contributed by atoms with Crippen LogP contribution in [-0.2, 0) is 19.3 Å². The van der Waals surface area contributed by atoms with Gasteiger partial charge < -0.3 is 18.6 Å². The van der Waals surface area contributed by atoms with Crippen LogP contribution in [0.4, 0.5) is 13.2 Å². The maximum absolute atomic E-state index is 13.3. The second-order valence-corrected chi connectivity index (χ2v) is 18.1. The highest BCUT2D eigenvalue weighted by Crippen LogP contribution is 2.28. The summed E-state index contributed by atoms with van der Waals surface area (Å²) in [7, 11) is 0. The van der Waals surface area contributed by atoms with Gasteiger partial charge in [0.2, 0.25) is 0 Å². The molecule has 0 bridgehead atoms. The molecule has 0 aliphatic heterocycles. The number of pyridine rings is 9. The van der Waals surface area contributed by atoms with Gasteiger partial charge in [-0.05, 0) is 73.9 Å². The molecule has 0 saturated carbocycles. The minimum atomic E-state index is -0.518. The summed E-state index contributed by atoms with van der Waals surface area (Å²) < 4.78 is 61.6. The molecular formula is C58H43F3N14O6. The first-order valence-electron chi connectivity index (χ1n) is 24.6. The van der Waals surface area contributed by atoms with Crippen LogP contribution in [0.2, 0.25) is 0 Å². The van der Waals surface area contributed by atoms with Gasteiger partial charge >= 0.3 is 0 Å². The molecule has 0 aliphatic rings. The van der Waals surface area contributed by atoms with E-state index in [-0.39, 0.29) is 53.9 Å². The fourth-order valence-corrected chi connectivity index (χ4v) is 7.94. The lowest BCUT2D eigenvalue weighted by Gasteiger charge is -2.09. The number of fused-ring (bicyclic) bond motifs is 3. The van der Waals surface area contributed by atoms with Gasteiger partial charge in [-0.25, -0.2) is 27.7 Å². The number of aromatic nitrogens is 14. The van der Waals surface area contributed by atoms with Crippen molar-refractivity contribution >= 4 is 34.3 Å².